The van der Waals surface area contributed by atoms with E-state index in [0.29, 0.717) is 11.9 Å². The van der Waals surface area contributed by atoms with E-state index in [4.69, 9.17) is 4.42 Å². The van der Waals surface area contributed by atoms with Gasteiger partial charge in [0.2, 0.25) is 5.89 Å². The predicted octanol–water partition coefficient (Wildman–Crippen LogP) is 1.38. The highest BCUT2D eigenvalue weighted by molar-refractivity contribution is 5.15. The Morgan fingerprint density at radius 2 is 2.27 bits per heavy atom. The summed E-state index contributed by atoms with van der Waals surface area (Å²) in [5, 5.41) is 10.5. The molecule has 1 aliphatic rings. The molecule has 1 fully saturated rings. The summed E-state index contributed by atoms with van der Waals surface area (Å²) in [6.45, 7) is 0. The Kier molecular flexibility index (Phi) is 1.52. The van der Waals surface area contributed by atoms with Crippen molar-refractivity contribution in [1.82, 2.24) is 10.2 Å². The Morgan fingerprint density at radius 3 is 2.73 bits per heavy atom. The standard InChI is InChI=1S/C7H11N3O/c1-8-7-10-9-6(11-7)5-3-2-4-5/h5H,2-4H2,1H3,(H,8,10). The Hall–Kier alpha value is -1.06. The first-order valence-corrected chi connectivity index (χ1v) is 3.91. The summed E-state index contributed by atoms with van der Waals surface area (Å²) in [6.07, 6.45) is 3.69. The Bertz CT molecular complexity index is 242. The fourth-order valence-electron chi connectivity index (χ4n) is 1.16. The van der Waals surface area contributed by atoms with E-state index in [1.165, 1.54) is 19.3 Å². The van der Waals surface area contributed by atoms with Crippen LogP contribution in [-0.2, 0) is 0 Å². The van der Waals surface area contributed by atoms with Crippen LogP contribution in [0.15, 0.2) is 4.42 Å². The van der Waals surface area contributed by atoms with Crippen LogP contribution in [-0.4, -0.2) is 17.2 Å². The van der Waals surface area contributed by atoms with Crippen LogP contribution in [0.1, 0.15) is 31.1 Å². The van der Waals surface area contributed by atoms with E-state index in [1.54, 1.807) is 7.05 Å². The summed E-state index contributed by atoms with van der Waals surface area (Å²) >= 11 is 0. The van der Waals surface area contributed by atoms with Crippen molar-refractivity contribution < 1.29 is 4.42 Å². The molecular formula is C7H11N3O. The lowest BCUT2D eigenvalue weighted by molar-refractivity contribution is 0.339. The van der Waals surface area contributed by atoms with Crippen LogP contribution in [0.4, 0.5) is 6.01 Å². The number of rotatable bonds is 2. The highest BCUT2D eigenvalue weighted by Crippen LogP contribution is 2.35. The van der Waals surface area contributed by atoms with E-state index in [0.717, 1.165) is 5.89 Å². The first-order valence-electron chi connectivity index (χ1n) is 3.91. The summed E-state index contributed by atoms with van der Waals surface area (Å²) in [5.41, 5.74) is 0. The summed E-state index contributed by atoms with van der Waals surface area (Å²) in [5.74, 6) is 1.32. The third kappa shape index (κ3) is 1.08. The van der Waals surface area contributed by atoms with Gasteiger partial charge in [0, 0.05) is 13.0 Å². The second kappa shape index (κ2) is 2.53. The van der Waals surface area contributed by atoms with Crippen molar-refractivity contribution in [3.8, 4) is 0 Å². The molecule has 1 aromatic rings. The minimum Gasteiger partial charge on any atom is -0.408 e. The van der Waals surface area contributed by atoms with Crippen molar-refractivity contribution in [3.05, 3.63) is 5.89 Å². The molecule has 11 heavy (non-hydrogen) atoms. The maximum Gasteiger partial charge on any atom is 0.315 e. The van der Waals surface area contributed by atoms with Gasteiger partial charge in [-0.2, -0.15) is 0 Å². The Balaban J connectivity index is 2.11. The number of nitrogens with zero attached hydrogens (tertiary/aromatic N) is 2. The average Bonchev–Trinajstić information content (AvgIpc) is 2.32. The van der Waals surface area contributed by atoms with E-state index >= 15 is 0 Å². The third-order valence-electron chi connectivity index (χ3n) is 2.11. The third-order valence-corrected chi connectivity index (χ3v) is 2.11. The van der Waals surface area contributed by atoms with E-state index in [1.807, 2.05) is 0 Å². The van der Waals surface area contributed by atoms with Gasteiger partial charge in [0.25, 0.3) is 0 Å². The van der Waals surface area contributed by atoms with E-state index in [-0.39, 0.29) is 0 Å². The van der Waals surface area contributed by atoms with E-state index in [9.17, 15) is 0 Å². The molecule has 0 amide bonds. The van der Waals surface area contributed by atoms with Gasteiger partial charge in [-0.25, -0.2) is 0 Å². The fourth-order valence-corrected chi connectivity index (χ4v) is 1.16. The van der Waals surface area contributed by atoms with Gasteiger partial charge in [0.05, 0.1) is 0 Å². The number of hydrogen-bond donors (Lipinski definition) is 1. The molecule has 4 heteroatoms. The average molecular weight is 153 g/mol. The van der Waals surface area contributed by atoms with Gasteiger partial charge >= 0.3 is 6.01 Å². The highest BCUT2D eigenvalue weighted by atomic mass is 16.4. The van der Waals surface area contributed by atoms with Gasteiger partial charge in [0.15, 0.2) is 0 Å². The monoisotopic (exact) mass is 153 g/mol. The summed E-state index contributed by atoms with van der Waals surface area (Å²) in [6, 6.07) is 0.520. The predicted molar refractivity (Wildman–Crippen MR) is 40.4 cm³/mol. The largest absolute Gasteiger partial charge is 0.408 e. The number of anilines is 1. The molecule has 1 aliphatic carbocycles. The number of aromatic nitrogens is 2. The maximum absolute atomic E-state index is 5.30. The lowest BCUT2D eigenvalue weighted by Gasteiger charge is -2.20. The minimum absolute atomic E-state index is 0.520. The first-order chi connectivity index (χ1) is 5.40. The SMILES string of the molecule is CNc1nnc(C2CCC2)o1. The molecule has 0 bridgehead atoms. The summed E-state index contributed by atoms with van der Waals surface area (Å²) in [4.78, 5) is 0. The van der Waals surface area contributed by atoms with Crippen molar-refractivity contribution in [3.63, 3.8) is 0 Å². The molecule has 1 heterocycles. The molecule has 0 unspecified atom stereocenters. The molecule has 1 saturated carbocycles. The van der Waals surface area contributed by atoms with E-state index < -0.39 is 0 Å². The van der Waals surface area contributed by atoms with E-state index in [2.05, 4.69) is 15.5 Å². The number of hydrogen-bond acceptors (Lipinski definition) is 4. The maximum atomic E-state index is 5.30. The lowest BCUT2D eigenvalue weighted by atomic mass is 9.85. The first kappa shape index (κ1) is 6.64. The molecule has 1 aromatic heterocycles. The fraction of sp³-hybridized carbons (Fsp3) is 0.714. The second-order valence-corrected chi connectivity index (χ2v) is 2.82. The molecular weight excluding hydrogens is 142 g/mol. The Morgan fingerprint density at radius 1 is 1.45 bits per heavy atom. The highest BCUT2D eigenvalue weighted by Gasteiger charge is 2.24. The quantitative estimate of drug-likeness (QED) is 0.697. The molecule has 1 N–H and O–H groups in total. The van der Waals surface area contributed by atoms with Crippen molar-refractivity contribution in [2.45, 2.75) is 25.2 Å². The molecule has 0 spiro atoms. The van der Waals surface area contributed by atoms with Gasteiger partial charge in [-0.15, -0.1) is 5.10 Å². The van der Waals surface area contributed by atoms with Crippen LogP contribution in [0.2, 0.25) is 0 Å². The normalized spacial score (nSPS) is 17.9. The van der Waals surface area contributed by atoms with Crippen molar-refractivity contribution in [2.75, 3.05) is 12.4 Å². The molecule has 0 aromatic carbocycles. The van der Waals surface area contributed by atoms with Gasteiger partial charge in [-0.05, 0) is 12.8 Å². The van der Waals surface area contributed by atoms with Crippen LogP contribution in [0, 0.1) is 0 Å². The summed E-state index contributed by atoms with van der Waals surface area (Å²) in [7, 11) is 1.78. The van der Waals surface area contributed by atoms with Crippen LogP contribution >= 0.6 is 0 Å². The molecule has 2 rings (SSSR count). The van der Waals surface area contributed by atoms with Crippen molar-refractivity contribution in [2.24, 2.45) is 0 Å². The van der Waals surface area contributed by atoms with Gasteiger partial charge in [-0.3, -0.25) is 0 Å². The number of nitrogens with one attached hydrogen (secondary N) is 1. The van der Waals surface area contributed by atoms with Crippen molar-refractivity contribution >= 4 is 6.01 Å². The molecule has 0 saturated heterocycles. The smallest absolute Gasteiger partial charge is 0.315 e. The van der Waals surface area contributed by atoms with Gasteiger partial charge in [-0.1, -0.05) is 11.5 Å². The van der Waals surface area contributed by atoms with Crippen molar-refractivity contribution in [1.29, 1.82) is 0 Å². The summed E-state index contributed by atoms with van der Waals surface area (Å²) < 4.78 is 5.30. The molecule has 0 radical (unpaired) electrons. The Labute approximate surface area is 65.0 Å². The van der Waals surface area contributed by atoms with Crippen LogP contribution in [0.3, 0.4) is 0 Å². The van der Waals surface area contributed by atoms with Gasteiger partial charge < -0.3 is 9.73 Å². The van der Waals surface area contributed by atoms with Crippen LogP contribution in [0.5, 0.6) is 0 Å². The molecule has 60 valence electrons. The molecule has 0 atom stereocenters. The van der Waals surface area contributed by atoms with Gasteiger partial charge in [0.1, 0.15) is 0 Å². The topological polar surface area (TPSA) is 51.0 Å². The van der Waals surface area contributed by atoms with Crippen LogP contribution in [0.25, 0.3) is 0 Å². The zero-order valence-electron chi connectivity index (χ0n) is 6.50. The zero-order chi connectivity index (χ0) is 7.68. The second-order valence-electron chi connectivity index (χ2n) is 2.82. The minimum atomic E-state index is 0.520. The zero-order valence-corrected chi connectivity index (χ0v) is 6.50. The molecule has 4 nitrogen and oxygen atoms in total. The lowest BCUT2D eigenvalue weighted by Crippen LogP contribution is -2.08. The molecule has 0 aliphatic heterocycles. The van der Waals surface area contributed by atoms with Crippen LogP contribution < -0.4 is 5.32 Å².